The van der Waals surface area contributed by atoms with E-state index in [4.69, 9.17) is 10.2 Å². The lowest BCUT2D eigenvalue weighted by Gasteiger charge is -2.32. The molecule has 0 radical (unpaired) electrons. The van der Waals surface area contributed by atoms with Gasteiger partial charge >= 0.3 is 5.69 Å². The highest BCUT2D eigenvalue weighted by molar-refractivity contribution is 8.22. The molecule has 0 amide bonds. The van der Waals surface area contributed by atoms with E-state index in [1.54, 1.807) is 31.0 Å². The van der Waals surface area contributed by atoms with Crippen molar-refractivity contribution in [3.05, 3.63) is 40.3 Å². The topological polar surface area (TPSA) is 198 Å². The van der Waals surface area contributed by atoms with Crippen LogP contribution in [0.1, 0.15) is 18.8 Å². The number of aromatic nitrogens is 3. The Balaban J connectivity index is 0.00000392. The van der Waals surface area contributed by atoms with Crippen molar-refractivity contribution >= 4 is 28.4 Å². The number of aliphatic hydroxyl groups is 2. The maximum Gasteiger partial charge on any atom is 0.351 e. The van der Waals surface area contributed by atoms with Crippen LogP contribution in [-0.2, 0) is 0 Å². The zero-order chi connectivity index (χ0) is 20.0. The average molecular weight is 418 g/mol. The van der Waals surface area contributed by atoms with Crippen molar-refractivity contribution in [1.29, 1.82) is 0 Å². The summed E-state index contributed by atoms with van der Waals surface area (Å²) in [6.45, 7) is 2.29. The molecule has 0 aliphatic heterocycles. The molecule has 0 bridgehead atoms. The number of hydrogen-bond acceptors (Lipinski definition) is 10. The Kier molecular flexibility index (Phi) is 8.77. The highest BCUT2D eigenvalue weighted by Crippen LogP contribution is 2.31. The van der Waals surface area contributed by atoms with Gasteiger partial charge in [0.2, 0.25) is 11.9 Å². The molecule has 0 fully saturated rings. The van der Waals surface area contributed by atoms with Gasteiger partial charge in [0.25, 0.3) is 0 Å². The van der Waals surface area contributed by atoms with Crippen LogP contribution in [-0.4, -0.2) is 65.6 Å². The fourth-order valence-corrected chi connectivity index (χ4v) is 2.68. The number of H-pyrrole nitrogens is 1. The quantitative estimate of drug-likeness (QED) is 0.267. The van der Waals surface area contributed by atoms with Crippen LogP contribution < -0.4 is 20.6 Å². The van der Waals surface area contributed by atoms with Gasteiger partial charge in [-0.25, -0.2) is 9.52 Å². The van der Waals surface area contributed by atoms with E-state index in [1.807, 2.05) is 0 Å². The normalized spacial score (nSPS) is 11.8. The zero-order valence-electron chi connectivity index (χ0n) is 15.5. The number of nitrogens with zero attached hydrogens (tertiary/aromatic N) is 3. The number of aromatic amines is 1. The number of hydrogen-bond donors (Lipinski definition) is 7. The maximum atomic E-state index is 11.8. The van der Waals surface area contributed by atoms with E-state index >= 15 is 0 Å². The third kappa shape index (κ3) is 7.05. The molecular weight excluding hydrogens is 392 g/mol. The van der Waals surface area contributed by atoms with Crippen LogP contribution in [0.5, 0.6) is 0 Å². The Hall–Kier alpha value is -2.26. The third-order valence-electron chi connectivity index (χ3n) is 3.63. The number of likely N-dealkylation sites (N-methyl/N-ethyl adjacent to an activating group) is 1. The van der Waals surface area contributed by atoms with Crippen LogP contribution in [0.2, 0.25) is 0 Å². The smallest absolute Gasteiger partial charge is 0.351 e. The Labute approximate surface area is 163 Å². The van der Waals surface area contributed by atoms with Crippen molar-refractivity contribution in [3.8, 4) is 0 Å². The molecule has 12 nitrogen and oxygen atoms in total. The predicted octanol–water partition coefficient (Wildman–Crippen LogP) is -0.222. The van der Waals surface area contributed by atoms with Crippen LogP contribution in [0.4, 0.5) is 17.6 Å². The molecule has 9 N–H and O–H groups in total. The lowest BCUT2D eigenvalue weighted by molar-refractivity contribution is -0.0424. The van der Waals surface area contributed by atoms with E-state index < -0.39 is 22.8 Å². The zero-order valence-corrected chi connectivity index (χ0v) is 16.3. The Bertz CT molecular complexity index is 800. The number of benzene rings is 1. The summed E-state index contributed by atoms with van der Waals surface area (Å²) in [6, 6.07) is 6.27. The van der Waals surface area contributed by atoms with Crippen molar-refractivity contribution in [2.45, 2.75) is 13.2 Å². The number of nitrogens with one attached hydrogen (secondary N) is 3. The van der Waals surface area contributed by atoms with E-state index in [0.717, 1.165) is 0 Å². The molecule has 0 aliphatic rings. The van der Waals surface area contributed by atoms with Crippen molar-refractivity contribution in [3.63, 3.8) is 0 Å². The third-order valence-corrected chi connectivity index (χ3v) is 5.11. The van der Waals surface area contributed by atoms with Crippen molar-refractivity contribution < 1.29 is 24.8 Å². The molecule has 1 aromatic heterocycles. The van der Waals surface area contributed by atoms with Gasteiger partial charge in [0.1, 0.15) is 0 Å². The first-order valence-electron chi connectivity index (χ1n) is 8.13. The lowest BCUT2D eigenvalue weighted by Crippen LogP contribution is -2.33. The van der Waals surface area contributed by atoms with E-state index in [-0.39, 0.29) is 29.7 Å². The second-order valence-corrected chi connectivity index (χ2v) is 7.89. The first-order valence-corrected chi connectivity index (χ1v) is 9.85. The molecule has 13 heteroatoms. The monoisotopic (exact) mass is 418 g/mol. The SMILES string of the molecule is CCS(O)(O)NCCN(C)c1nc(Nc2ccc(C(O)O)cc2)[nH]c(=O)n1.O. The molecule has 0 atom stereocenters. The van der Waals surface area contributed by atoms with Gasteiger partial charge in [-0.3, -0.25) is 14.1 Å². The minimum atomic E-state index is -2.80. The standard InChI is InChI=1S/C15H24N6O5S.H2O/c1-3-27(25,26)16-8-9-21(2)14-18-13(19-15(24)20-14)17-11-6-4-10(5-7-11)12(22)23;/h4-7,12,16,22-23,25-26H,3,8-9H2,1-2H3,(H2,17,18,19,20,24);1H2. The van der Waals surface area contributed by atoms with E-state index in [0.29, 0.717) is 17.8 Å². The minimum absolute atomic E-state index is 0. The molecular formula is C15H26N6O6S. The fourth-order valence-electron chi connectivity index (χ4n) is 2.06. The summed E-state index contributed by atoms with van der Waals surface area (Å²) >= 11 is 0. The second-order valence-electron chi connectivity index (χ2n) is 5.69. The second kappa shape index (κ2) is 10.3. The molecule has 0 aliphatic carbocycles. The predicted molar refractivity (Wildman–Crippen MR) is 108 cm³/mol. The molecule has 0 saturated heterocycles. The molecule has 0 saturated carbocycles. The molecule has 158 valence electrons. The minimum Gasteiger partial charge on any atom is -0.412 e. The maximum absolute atomic E-state index is 11.8. The number of aliphatic hydroxyl groups excluding tert-OH is 1. The Morgan fingerprint density at radius 1 is 1.21 bits per heavy atom. The van der Waals surface area contributed by atoms with Gasteiger partial charge in [-0.2, -0.15) is 9.97 Å². The summed E-state index contributed by atoms with van der Waals surface area (Å²) in [5.74, 6) is 0.539. The van der Waals surface area contributed by atoms with Crippen LogP contribution in [0.3, 0.4) is 0 Å². The molecule has 1 aromatic carbocycles. The van der Waals surface area contributed by atoms with E-state index in [9.17, 15) is 13.9 Å². The lowest BCUT2D eigenvalue weighted by atomic mass is 10.2. The first-order chi connectivity index (χ1) is 12.7. The summed E-state index contributed by atoms with van der Waals surface area (Å²) in [4.78, 5) is 23.9. The van der Waals surface area contributed by atoms with E-state index in [2.05, 4.69) is 25.0 Å². The van der Waals surface area contributed by atoms with Crippen LogP contribution >= 0.6 is 10.8 Å². The Morgan fingerprint density at radius 3 is 2.43 bits per heavy atom. The Morgan fingerprint density at radius 2 is 1.86 bits per heavy atom. The number of rotatable bonds is 9. The van der Waals surface area contributed by atoms with Gasteiger partial charge < -0.3 is 25.9 Å². The van der Waals surface area contributed by atoms with Crippen LogP contribution in [0, 0.1) is 0 Å². The molecule has 2 aromatic rings. The summed E-state index contributed by atoms with van der Waals surface area (Å²) < 4.78 is 21.8. The summed E-state index contributed by atoms with van der Waals surface area (Å²) in [5, 5.41) is 21.1. The van der Waals surface area contributed by atoms with Crippen molar-refractivity contribution in [2.24, 2.45) is 0 Å². The van der Waals surface area contributed by atoms with Gasteiger partial charge in [-0.05, 0) is 19.1 Å². The molecule has 28 heavy (non-hydrogen) atoms. The van der Waals surface area contributed by atoms with Gasteiger partial charge in [-0.1, -0.05) is 12.1 Å². The highest BCUT2D eigenvalue weighted by atomic mass is 32.3. The van der Waals surface area contributed by atoms with Crippen LogP contribution in [0.25, 0.3) is 0 Å². The first kappa shape index (κ1) is 23.8. The molecule has 0 unspecified atom stereocenters. The van der Waals surface area contributed by atoms with Crippen molar-refractivity contribution in [1.82, 2.24) is 19.7 Å². The molecule has 0 spiro atoms. The average Bonchev–Trinajstić information content (AvgIpc) is 2.61. The molecule has 2 rings (SSSR count). The highest BCUT2D eigenvalue weighted by Gasteiger charge is 2.11. The number of anilines is 3. The largest absolute Gasteiger partial charge is 0.412 e. The van der Waals surface area contributed by atoms with Gasteiger partial charge in [-0.15, -0.1) is 10.8 Å². The summed E-state index contributed by atoms with van der Waals surface area (Å²) in [6.07, 6.45) is -1.56. The van der Waals surface area contributed by atoms with E-state index in [1.165, 1.54) is 12.1 Å². The summed E-state index contributed by atoms with van der Waals surface area (Å²) in [5.41, 5.74) is 0.325. The van der Waals surface area contributed by atoms with Crippen molar-refractivity contribution in [2.75, 3.05) is 36.1 Å². The fraction of sp³-hybridized carbons (Fsp3) is 0.400. The summed E-state index contributed by atoms with van der Waals surface area (Å²) in [7, 11) is -1.12. The van der Waals surface area contributed by atoms with Gasteiger partial charge in [0.05, 0.1) is 0 Å². The molecule has 1 heterocycles. The van der Waals surface area contributed by atoms with Gasteiger partial charge in [0.15, 0.2) is 6.29 Å². The van der Waals surface area contributed by atoms with Gasteiger partial charge in [0, 0.05) is 37.1 Å². The van der Waals surface area contributed by atoms with Crippen LogP contribution in [0.15, 0.2) is 29.1 Å².